The van der Waals surface area contributed by atoms with Crippen molar-refractivity contribution >= 4 is 11.3 Å². The molecule has 0 saturated carbocycles. The number of nitrogens with zero attached hydrogens (tertiary/aromatic N) is 1. The molecule has 0 bridgehead atoms. The Hall–Kier alpha value is -1.87. The number of aryl methyl sites for hydroxylation is 2. The molecule has 0 aliphatic heterocycles. The Morgan fingerprint density at radius 1 is 1.11 bits per heavy atom. The highest BCUT2D eigenvalue weighted by Crippen LogP contribution is 2.37. The van der Waals surface area contributed by atoms with Gasteiger partial charge in [0, 0.05) is 0 Å². The van der Waals surface area contributed by atoms with Crippen molar-refractivity contribution in [1.82, 2.24) is 5.16 Å². The summed E-state index contributed by atoms with van der Waals surface area (Å²) in [6.07, 6.45) is 0. The standard InChI is InChI=1S/C15H13NOS/c1-10-8-13(18-9-10)15-14(11(2)16-17-15)12-6-4-3-5-7-12/h3-9H,1-2H3. The molecule has 90 valence electrons. The van der Waals surface area contributed by atoms with E-state index in [1.807, 2.05) is 25.1 Å². The second-order valence-electron chi connectivity index (χ2n) is 4.33. The summed E-state index contributed by atoms with van der Waals surface area (Å²) in [4.78, 5) is 1.13. The zero-order valence-corrected chi connectivity index (χ0v) is 11.1. The van der Waals surface area contributed by atoms with Crippen molar-refractivity contribution in [1.29, 1.82) is 0 Å². The second-order valence-corrected chi connectivity index (χ2v) is 5.24. The molecule has 0 unspecified atom stereocenters. The van der Waals surface area contributed by atoms with Gasteiger partial charge in [0.15, 0.2) is 5.76 Å². The van der Waals surface area contributed by atoms with E-state index in [4.69, 9.17) is 4.52 Å². The summed E-state index contributed by atoms with van der Waals surface area (Å²) >= 11 is 1.69. The van der Waals surface area contributed by atoms with Gasteiger partial charge in [0.05, 0.1) is 16.1 Å². The summed E-state index contributed by atoms with van der Waals surface area (Å²) in [5, 5.41) is 6.24. The summed E-state index contributed by atoms with van der Waals surface area (Å²) in [5.41, 5.74) is 4.43. The Balaban J connectivity index is 2.18. The van der Waals surface area contributed by atoms with E-state index in [0.29, 0.717) is 0 Å². The van der Waals surface area contributed by atoms with Gasteiger partial charge < -0.3 is 4.52 Å². The number of thiophene rings is 1. The summed E-state index contributed by atoms with van der Waals surface area (Å²) in [6.45, 7) is 4.07. The molecule has 0 spiro atoms. The van der Waals surface area contributed by atoms with E-state index in [-0.39, 0.29) is 0 Å². The van der Waals surface area contributed by atoms with Crippen LogP contribution in [0.3, 0.4) is 0 Å². The molecule has 0 radical (unpaired) electrons. The third-order valence-corrected chi connectivity index (χ3v) is 3.93. The van der Waals surface area contributed by atoms with E-state index < -0.39 is 0 Å². The molecular formula is C15H13NOS. The summed E-state index contributed by atoms with van der Waals surface area (Å²) in [5.74, 6) is 0.872. The normalized spacial score (nSPS) is 10.8. The highest BCUT2D eigenvalue weighted by Gasteiger charge is 2.17. The zero-order chi connectivity index (χ0) is 12.5. The molecule has 0 N–H and O–H groups in total. The SMILES string of the molecule is Cc1csc(-c2onc(C)c2-c2ccccc2)c1. The van der Waals surface area contributed by atoms with Gasteiger partial charge in [-0.05, 0) is 36.4 Å². The third-order valence-electron chi connectivity index (χ3n) is 2.88. The maximum Gasteiger partial charge on any atom is 0.184 e. The molecule has 2 aromatic heterocycles. The van der Waals surface area contributed by atoms with Gasteiger partial charge in [0.2, 0.25) is 0 Å². The Bertz CT molecular complexity index is 667. The zero-order valence-electron chi connectivity index (χ0n) is 10.3. The first-order valence-corrected chi connectivity index (χ1v) is 6.71. The highest BCUT2D eigenvalue weighted by atomic mass is 32.1. The van der Waals surface area contributed by atoms with Crippen LogP contribution in [0, 0.1) is 13.8 Å². The minimum Gasteiger partial charge on any atom is -0.354 e. The van der Waals surface area contributed by atoms with Crippen molar-refractivity contribution in [2.24, 2.45) is 0 Å². The van der Waals surface area contributed by atoms with Crippen LogP contribution >= 0.6 is 11.3 Å². The lowest BCUT2D eigenvalue weighted by Gasteiger charge is -2.00. The van der Waals surface area contributed by atoms with Gasteiger partial charge in [-0.3, -0.25) is 0 Å². The quantitative estimate of drug-likeness (QED) is 0.664. The fraction of sp³-hybridized carbons (Fsp3) is 0.133. The molecule has 2 heterocycles. The molecule has 0 saturated heterocycles. The van der Waals surface area contributed by atoms with Gasteiger partial charge in [0.1, 0.15) is 0 Å². The monoisotopic (exact) mass is 255 g/mol. The number of hydrogen-bond donors (Lipinski definition) is 0. The van der Waals surface area contributed by atoms with Crippen LogP contribution in [0.5, 0.6) is 0 Å². The first kappa shape index (κ1) is 11.2. The van der Waals surface area contributed by atoms with E-state index in [2.05, 4.69) is 35.7 Å². The number of aromatic nitrogens is 1. The average molecular weight is 255 g/mol. The lowest BCUT2D eigenvalue weighted by Crippen LogP contribution is -1.80. The Labute approximate surface area is 110 Å². The molecule has 1 aromatic carbocycles. The fourth-order valence-corrected chi connectivity index (χ4v) is 2.91. The van der Waals surface area contributed by atoms with Crippen LogP contribution in [0.4, 0.5) is 0 Å². The van der Waals surface area contributed by atoms with Crippen molar-refractivity contribution < 1.29 is 4.52 Å². The minimum absolute atomic E-state index is 0.872. The molecule has 2 nitrogen and oxygen atoms in total. The van der Waals surface area contributed by atoms with E-state index >= 15 is 0 Å². The Kier molecular flexibility index (Phi) is 2.76. The predicted octanol–water partition coefficient (Wildman–Crippen LogP) is 4.69. The molecule has 3 aromatic rings. The lowest BCUT2D eigenvalue weighted by molar-refractivity contribution is 0.428. The van der Waals surface area contributed by atoms with Crippen LogP contribution in [-0.4, -0.2) is 5.16 Å². The topological polar surface area (TPSA) is 26.0 Å². The van der Waals surface area contributed by atoms with E-state index in [1.54, 1.807) is 11.3 Å². The van der Waals surface area contributed by atoms with Crippen LogP contribution in [0.15, 0.2) is 46.3 Å². The van der Waals surface area contributed by atoms with Gasteiger partial charge in [-0.2, -0.15) is 0 Å². The minimum atomic E-state index is 0.872. The molecule has 0 amide bonds. The van der Waals surface area contributed by atoms with Gasteiger partial charge >= 0.3 is 0 Å². The molecule has 0 aliphatic carbocycles. The molecule has 0 aliphatic rings. The second kappa shape index (κ2) is 4.42. The van der Waals surface area contributed by atoms with Gasteiger partial charge in [-0.15, -0.1) is 11.3 Å². The number of rotatable bonds is 2. The van der Waals surface area contributed by atoms with Crippen LogP contribution in [0.2, 0.25) is 0 Å². The van der Waals surface area contributed by atoms with Crippen LogP contribution in [0.25, 0.3) is 21.8 Å². The van der Waals surface area contributed by atoms with Crippen molar-refractivity contribution in [2.45, 2.75) is 13.8 Å². The van der Waals surface area contributed by atoms with Crippen LogP contribution in [-0.2, 0) is 0 Å². The predicted molar refractivity (Wildman–Crippen MR) is 74.7 cm³/mol. The molecule has 0 atom stereocenters. The molecule has 0 fully saturated rings. The number of hydrogen-bond acceptors (Lipinski definition) is 3. The highest BCUT2D eigenvalue weighted by molar-refractivity contribution is 7.13. The van der Waals surface area contributed by atoms with Gasteiger partial charge in [0.25, 0.3) is 0 Å². The van der Waals surface area contributed by atoms with Gasteiger partial charge in [-0.1, -0.05) is 35.5 Å². The molecular weight excluding hydrogens is 242 g/mol. The summed E-state index contributed by atoms with van der Waals surface area (Å²) in [7, 11) is 0. The summed E-state index contributed by atoms with van der Waals surface area (Å²) < 4.78 is 5.51. The van der Waals surface area contributed by atoms with E-state index in [0.717, 1.165) is 27.5 Å². The van der Waals surface area contributed by atoms with Crippen LogP contribution in [0.1, 0.15) is 11.3 Å². The van der Waals surface area contributed by atoms with E-state index in [9.17, 15) is 0 Å². The maximum atomic E-state index is 5.51. The third kappa shape index (κ3) is 1.87. The number of benzene rings is 1. The lowest BCUT2D eigenvalue weighted by atomic mass is 10.0. The van der Waals surface area contributed by atoms with E-state index in [1.165, 1.54) is 5.56 Å². The first-order chi connectivity index (χ1) is 8.75. The fourth-order valence-electron chi connectivity index (χ4n) is 2.03. The molecule has 3 heteroatoms. The van der Waals surface area contributed by atoms with Gasteiger partial charge in [-0.25, -0.2) is 0 Å². The smallest absolute Gasteiger partial charge is 0.184 e. The summed E-state index contributed by atoms with van der Waals surface area (Å²) in [6, 6.07) is 12.4. The Morgan fingerprint density at radius 2 is 1.89 bits per heavy atom. The van der Waals surface area contributed by atoms with Crippen molar-refractivity contribution in [3.05, 3.63) is 53.0 Å². The molecule has 3 rings (SSSR count). The van der Waals surface area contributed by atoms with Crippen molar-refractivity contribution in [3.8, 4) is 21.8 Å². The average Bonchev–Trinajstić information content (AvgIpc) is 2.96. The largest absolute Gasteiger partial charge is 0.354 e. The molecule has 18 heavy (non-hydrogen) atoms. The Morgan fingerprint density at radius 3 is 2.56 bits per heavy atom. The maximum absolute atomic E-state index is 5.51. The van der Waals surface area contributed by atoms with Crippen molar-refractivity contribution in [2.75, 3.05) is 0 Å². The first-order valence-electron chi connectivity index (χ1n) is 5.83. The van der Waals surface area contributed by atoms with Crippen molar-refractivity contribution in [3.63, 3.8) is 0 Å². The van der Waals surface area contributed by atoms with Crippen LogP contribution < -0.4 is 0 Å².